The van der Waals surface area contributed by atoms with Gasteiger partial charge in [-0.25, -0.2) is 8.42 Å². The first-order valence-corrected chi connectivity index (χ1v) is 14.9. The fourth-order valence-corrected chi connectivity index (χ4v) is 6.14. The van der Waals surface area contributed by atoms with E-state index >= 15 is 0 Å². The number of aryl methyl sites for hydroxylation is 1. The Morgan fingerprint density at radius 1 is 1.10 bits per heavy atom. The van der Waals surface area contributed by atoms with E-state index in [0.717, 1.165) is 10.4 Å². The lowest BCUT2D eigenvalue weighted by Crippen LogP contribution is -2.51. The van der Waals surface area contributed by atoms with E-state index in [9.17, 15) is 28.1 Å². The molecule has 3 aromatic rings. The summed E-state index contributed by atoms with van der Waals surface area (Å²) < 4.78 is 34.4. The van der Waals surface area contributed by atoms with Crippen LogP contribution in [0.15, 0.2) is 65.6 Å². The van der Waals surface area contributed by atoms with E-state index < -0.39 is 49.9 Å². The molecule has 3 aromatic carbocycles. The molecule has 0 aliphatic heterocycles. The van der Waals surface area contributed by atoms with Gasteiger partial charge in [0.2, 0.25) is 11.8 Å². The number of benzene rings is 3. The number of methoxy groups -OCH3 is 1. The zero-order valence-corrected chi connectivity index (χ0v) is 25.7. The van der Waals surface area contributed by atoms with Gasteiger partial charge in [-0.3, -0.25) is 24.0 Å². The number of rotatable bonds is 12. The fourth-order valence-electron chi connectivity index (χ4n) is 4.34. The Kier molecular flexibility index (Phi) is 10.8. The van der Waals surface area contributed by atoms with Gasteiger partial charge in [0.25, 0.3) is 15.7 Å². The largest absolute Gasteiger partial charge is 0.495 e. The number of amides is 2. The number of nitro groups is 1. The van der Waals surface area contributed by atoms with Crippen molar-refractivity contribution in [3.05, 3.63) is 92.0 Å². The lowest BCUT2D eigenvalue weighted by Gasteiger charge is -2.33. The third-order valence-electron chi connectivity index (χ3n) is 6.58. The van der Waals surface area contributed by atoms with Gasteiger partial charge in [-0.15, -0.1) is 0 Å². The van der Waals surface area contributed by atoms with Crippen LogP contribution in [0.4, 0.5) is 11.4 Å². The number of ether oxygens (including phenoxy) is 1. The maximum Gasteiger partial charge on any atom is 0.273 e. The van der Waals surface area contributed by atoms with Gasteiger partial charge in [0.05, 0.1) is 22.6 Å². The second-order valence-corrected chi connectivity index (χ2v) is 11.9. The van der Waals surface area contributed by atoms with Crippen molar-refractivity contribution in [3.8, 4) is 5.75 Å². The second kappa shape index (κ2) is 13.9. The number of carbonyl (C=O) groups excluding carboxylic acids is 2. The smallest absolute Gasteiger partial charge is 0.273 e. The van der Waals surface area contributed by atoms with Crippen LogP contribution in [0.1, 0.15) is 24.5 Å². The Hall–Kier alpha value is -3.87. The molecule has 42 heavy (non-hydrogen) atoms. The first-order valence-electron chi connectivity index (χ1n) is 12.7. The molecule has 0 aliphatic carbocycles. The fraction of sp³-hybridized carbons (Fsp3) is 0.286. The van der Waals surface area contributed by atoms with E-state index in [2.05, 4.69) is 5.32 Å². The molecule has 0 fully saturated rings. The van der Waals surface area contributed by atoms with Crippen molar-refractivity contribution in [2.24, 2.45) is 0 Å². The molecular formula is C28H30Cl2N4O7S. The number of nitrogens with zero attached hydrogens (tertiary/aromatic N) is 3. The Balaban J connectivity index is 2.20. The topological polar surface area (TPSA) is 139 Å². The molecule has 1 atom stereocenters. The number of anilines is 1. The van der Waals surface area contributed by atoms with E-state index in [0.29, 0.717) is 10.6 Å². The third kappa shape index (κ3) is 7.12. The van der Waals surface area contributed by atoms with Gasteiger partial charge in [0.1, 0.15) is 18.3 Å². The molecule has 0 saturated heterocycles. The molecule has 2 amide bonds. The second-order valence-electron chi connectivity index (χ2n) is 9.18. The summed E-state index contributed by atoms with van der Waals surface area (Å²) in [6.07, 6.45) is 0.216. The van der Waals surface area contributed by atoms with E-state index in [1.807, 2.05) is 0 Å². The maximum absolute atomic E-state index is 14.1. The molecule has 3 rings (SSSR count). The number of halogens is 2. The minimum Gasteiger partial charge on any atom is -0.495 e. The molecule has 11 nitrogen and oxygen atoms in total. The summed E-state index contributed by atoms with van der Waals surface area (Å²) >= 11 is 12.6. The summed E-state index contributed by atoms with van der Waals surface area (Å²) in [5.41, 5.74) is 0.307. The van der Waals surface area contributed by atoms with Gasteiger partial charge in [0, 0.05) is 35.3 Å². The van der Waals surface area contributed by atoms with Crippen molar-refractivity contribution in [1.29, 1.82) is 0 Å². The van der Waals surface area contributed by atoms with Gasteiger partial charge in [-0.05, 0) is 49.2 Å². The van der Waals surface area contributed by atoms with Crippen molar-refractivity contribution in [2.45, 2.75) is 37.8 Å². The highest BCUT2D eigenvalue weighted by atomic mass is 35.5. The van der Waals surface area contributed by atoms with Crippen molar-refractivity contribution in [1.82, 2.24) is 10.2 Å². The van der Waals surface area contributed by atoms with Crippen molar-refractivity contribution in [3.63, 3.8) is 0 Å². The lowest BCUT2D eigenvalue weighted by atomic mass is 10.1. The maximum atomic E-state index is 14.1. The van der Waals surface area contributed by atoms with E-state index in [1.165, 1.54) is 56.3 Å². The zero-order valence-electron chi connectivity index (χ0n) is 23.3. The van der Waals surface area contributed by atoms with E-state index in [1.54, 1.807) is 31.2 Å². The molecule has 0 unspecified atom stereocenters. The molecular weight excluding hydrogens is 607 g/mol. The first kappa shape index (κ1) is 32.6. The first-order chi connectivity index (χ1) is 19.8. The number of hydrogen-bond donors (Lipinski definition) is 1. The van der Waals surface area contributed by atoms with Gasteiger partial charge in [-0.2, -0.15) is 0 Å². The SMILES string of the molecule is CC[C@@H](C(=O)NC)N(Cc1ccccc1Cl)C(=O)CN(c1cc(Cl)ccc1OC)S(=O)(=O)c1ccc(C)c([N+](=O)[O-])c1. The summed E-state index contributed by atoms with van der Waals surface area (Å²) in [5.74, 6) is -1.12. The zero-order chi connectivity index (χ0) is 31.2. The molecule has 0 heterocycles. The Labute approximate surface area is 254 Å². The van der Waals surface area contributed by atoms with E-state index in [4.69, 9.17) is 27.9 Å². The third-order valence-corrected chi connectivity index (χ3v) is 8.94. The van der Waals surface area contributed by atoms with Crippen LogP contribution in [-0.2, 0) is 26.2 Å². The summed E-state index contributed by atoms with van der Waals surface area (Å²) in [4.78, 5) is 38.7. The molecule has 0 bridgehead atoms. The van der Waals surface area contributed by atoms with Crippen LogP contribution in [0.3, 0.4) is 0 Å². The molecule has 0 saturated carbocycles. The van der Waals surface area contributed by atoms with Gasteiger partial charge >= 0.3 is 0 Å². The number of nitro benzene ring substituents is 1. The van der Waals surface area contributed by atoms with Crippen LogP contribution in [0.2, 0.25) is 10.0 Å². The Bertz CT molecular complexity index is 1600. The minimum atomic E-state index is -4.63. The number of likely N-dealkylation sites (N-methyl/N-ethyl adjacent to an activating group) is 1. The monoisotopic (exact) mass is 636 g/mol. The Morgan fingerprint density at radius 2 is 1.79 bits per heavy atom. The summed E-state index contributed by atoms with van der Waals surface area (Å²) in [7, 11) is -1.88. The number of carbonyl (C=O) groups is 2. The van der Waals surface area contributed by atoms with Crippen LogP contribution in [-0.4, -0.2) is 56.8 Å². The van der Waals surface area contributed by atoms with Crippen molar-refractivity contribution in [2.75, 3.05) is 25.0 Å². The average molecular weight is 638 g/mol. The summed E-state index contributed by atoms with van der Waals surface area (Å²) in [5, 5.41) is 14.7. The standard InChI is InChI=1S/C28H30Cl2N4O7S/c1-5-23(28(36)31-3)32(16-19-8-6-7-9-22(19)30)27(35)17-33(25-14-20(29)11-13-26(25)41-4)42(39,40)21-12-10-18(2)24(15-21)34(37)38/h6-15,23H,5,16-17H2,1-4H3,(H,31,36)/t23-/m0/s1. The van der Waals surface area contributed by atoms with Crippen molar-refractivity contribution < 1.29 is 27.7 Å². The van der Waals surface area contributed by atoms with E-state index in [-0.39, 0.29) is 35.0 Å². The molecule has 0 aliphatic rings. The van der Waals surface area contributed by atoms with Crippen LogP contribution >= 0.6 is 23.2 Å². The molecule has 0 aromatic heterocycles. The molecule has 1 N–H and O–H groups in total. The van der Waals surface area contributed by atoms with Gasteiger partial charge in [-0.1, -0.05) is 54.4 Å². The Morgan fingerprint density at radius 3 is 2.38 bits per heavy atom. The summed E-state index contributed by atoms with van der Waals surface area (Å²) in [6, 6.07) is 13.5. The van der Waals surface area contributed by atoms with Crippen LogP contribution in [0, 0.1) is 17.0 Å². The van der Waals surface area contributed by atoms with Crippen LogP contribution < -0.4 is 14.4 Å². The predicted molar refractivity (Wildman–Crippen MR) is 161 cm³/mol. The van der Waals surface area contributed by atoms with Crippen LogP contribution in [0.25, 0.3) is 0 Å². The summed E-state index contributed by atoms with van der Waals surface area (Å²) in [6.45, 7) is 2.30. The number of nitrogens with one attached hydrogen (secondary N) is 1. The van der Waals surface area contributed by atoms with Gasteiger partial charge < -0.3 is 15.0 Å². The number of sulfonamides is 1. The highest BCUT2D eigenvalue weighted by molar-refractivity contribution is 7.92. The van der Waals surface area contributed by atoms with Crippen LogP contribution in [0.5, 0.6) is 5.75 Å². The van der Waals surface area contributed by atoms with Gasteiger partial charge in [0.15, 0.2) is 0 Å². The molecule has 0 radical (unpaired) electrons. The quantitative estimate of drug-likeness (QED) is 0.219. The van der Waals surface area contributed by atoms with Crippen molar-refractivity contribution >= 4 is 56.4 Å². The molecule has 0 spiro atoms. The molecule has 224 valence electrons. The predicted octanol–water partition coefficient (Wildman–Crippen LogP) is 4.97. The highest BCUT2D eigenvalue weighted by Gasteiger charge is 2.35. The number of hydrogen-bond acceptors (Lipinski definition) is 7. The minimum absolute atomic E-state index is 0.0766. The molecule has 14 heteroatoms. The lowest BCUT2D eigenvalue weighted by molar-refractivity contribution is -0.385. The average Bonchev–Trinajstić information content (AvgIpc) is 2.96. The highest BCUT2D eigenvalue weighted by Crippen LogP contribution is 2.36. The normalized spacial score (nSPS) is 11.9.